The van der Waals surface area contributed by atoms with Crippen LogP contribution in [-0.2, 0) is 12.8 Å². The number of benzene rings is 1. The highest BCUT2D eigenvalue weighted by atomic mass is 35.5. The van der Waals surface area contributed by atoms with Crippen molar-refractivity contribution in [2.24, 2.45) is 0 Å². The van der Waals surface area contributed by atoms with E-state index in [4.69, 9.17) is 38.2 Å². The highest BCUT2D eigenvalue weighted by Gasteiger charge is 2.24. The summed E-state index contributed by atoms with van der Waals surface area (Å²) in [5.41, 5.74) is 2.16. The molecule has 0 unspecified atom stereocenters. The number of alkyl halides is 2. The number of anilines is 2. The molecule has 23 heavy (non-hydrogen) atoms. The second-order valence-electron chi connectivity index (χ2n) is 4.60. The van der Waals surface area contributed by atoms with Gasteiger partial charge in [0.05, 0.1) is 18.5 Å². The van der Waals surface area contributed by atoms with Crippen LogP contribution in [0.4, 0.5) is 21.0 Å². The Morgan fingerprint density at radius 3 is 1.91 bits per heavy atom. The van der Waals surface area contributed by atoms with E-state index in [1.165, 1.54) is 7.11 Å². The summed E-state index contributed by atoms with van der Waals surface area (Å²) in [6, 6.07) is 0. The number of hydrogen-bond acceptors (Lipinski definition) is 3. The largest absolute Gasteiger partial charge is 0.494 e. The monoisotopic (exact) mass is 364 g/mol. The fourth-order valence-corrected chi connectivity index (χ4v) is 2.84. The molecule has 0 aliphatic rings. The van der Waals surface area contributed by atoms with Crippen LogP contribution in [0.25, 0.3) is 0 Å². The summed E-state index contributed by atoms with van der Waals surface area (Å²) in [6.07, 6.45) is -1.91. The van der Waals surface area contributed by atoms with Gasteiger partial charge in [0.2, 0.25) is 0 Å². The summed E-state index contributed by atoms with van der Waals surface area (Å²) < 4.78 is 5.32. The summed E-state index contributed by atoms with van der Waals surface area (Å²) in [5.74, 6) is 0.767. The molecule has 0 aromatic heterocycles. The first-order valence-electron chi connectivity index (χ1n) is 6.71. The van der Waals surface area contributed by atoms with Gasteiger partial charge in [0.25, 0.3) is 0 Å². The van der Waals surface area contributed by atoms with E-state index in [1.807, 2.05) is 0 Å². The summed E-state index contributed by atoms with van der Waals surface area (Å²) >= 11 is 11.6. The minimum Gasteiger partial charge on any atom is -0.494 e. The van der Waals surface area contributed by atoms with Crippen molar-refractivity contribution in [1.82, 2.24) is 0 Å². The molecule has 0 atom stereocenters. The van der Waals surface area contributed by atoms with Crippen molar-refractivity contribution < 1.29 is 24.5 Å². The molecule has 1 rings (SSSR count). The van der Waals surface area contributed by atoms with Crippen LogP contribution in [0.3, 0.4) is 0 Å². The first kappa shape index (κ1) is 19.2. The molecule has 0 bridgehead atoms. The highest BCUT2D eigenvalue weighted by Crippen LogP contribution is 2.42. The fraction of sp³-hybridized carbons (Fsp3) is 0.429. The van der Waals surface area contributed by atoms with E-state index in [2.05, 4.69) is 10.6 Å². The number of rotatable bonds is 7. The molecule has 4 N–H and O–H groups in total. The smallest absolute Gasteiger partial charge is 0.409 e. The van der Waals surface area contributed by atoms with Crippen molar-refractivity contribution in [3.05, 3.63) is 16.7 Å². The predicted octanol–water partition coefficient (Wildman–Crippen LogP) is 3.75. The van der Waals surface area contributed by atoms with Crippen LogP contribution in [0.5, 0.6) is 5.75 Å². The molecular weight excluding hydrogens is 347 g/mol. The molecule has 1 aromatic rings. The van der Waals surface area contributed by atoms with Crippen LogP contribution < -0.4 is 15.4 Å². The van der Waals surface area contributed by atoms with Crippen LogP contribution in [0, 0.1) is 6.92 Å². The molecular formula is C14H18Cl2N2O5. The molecule has 0 saturated heterocycles. The van der Waals surface area contributed by atoms with Gasteiger partial charge in [0.15, 0.2) is 0 Å². The number of nitrogens with one attached hydrogen (secondary N) is 2. The van der Waals surface area contributed by atoms with E-state index in [0.717, 1.165) is 0 Å². The van der Waals surface area contributed by atoms with E-state index in [-0.39, 0.29) is 23.9 Å². The van der Waals surface area contributed by atoms with E-state index < -0.39 is 12.2 Å². The van der Waals surface area contributed by atoms with E-state index in [0.29, 0.717) is 34.5 Å². The normalized spacial score (nSPS) is 10.3. The number of carbonyl (C=O) groups is 2. The quantitative estimate of drug-likeness (QED) is 0.551. The van der Waals surface area contributed by atoms with Crippen molar-refractivity contribution in [2.45, 2.75) is 19.8 Å². The zero-order valence-corrected chi connectivity index (χ0v) is 14.2. The van der Waals surface area contributed by atoms with Gasteiger partial charge in [-0.25, -0.2) is 9.59 Å². The number of halogens is 2. The Bertz CT molecular complexity index is 608. The Morgan fingerprint density at radius 2 is 1.48 bits per heavy atom. The number of amides is 2. The number of hydrogen-bond donors (Lipinski definition) is 4. The third kappa shape index (κ3) is 4.56. The molecule has 0 spiro atoms. The molecule has 1 aromatic carbocycles. The second kappa shape index (κ2) is 8.69. The summed E-state index contributed by atoms with van der Waals surface area (Å²) in [7, 11) is 1.41. The Labute approximate surface area is 143 Å². The number of carboxylic acid groups (broad SMARTS) is 2. The third-order valence-electron chi connectivity index (χ3n) is 3.28. The maximum absolute atomic E-state index is 11.1. The van der Waals surface area contributed by atoms with Gasteiger partial charge in [-0.05, 0) is 30.9 Å². The third-order valence-corrected chi connectivity index (χ3v) is 3.66. The fourth-order valence-electron chi connectivity index (χ4n) is 2.46. The molecule has 0 aliphatic heterocycles. The Hall–Kier alpha value is -1.86. The van der Waals surface area contributed by atoms with Gasteiger partial charge in [-0.1, -0.05) is 0 Å². The zero-order chi connectivity index (χ0) is 17.6. The molecule has 7 nitrogen and oxygen atoms in total. The Morgan fingerprint density at radius 1 is 1.00 bits per heavy atom. The van der Waals surface area contributed by atoms with E-state index in [1.54, 1.807) is 6.92 Å². The maximum atomic E-state index is 11.1. The molecule has 0 radical (unpaired) electrons. The Balaban J connectivity index is 3.75. The molecule has 9 heteroatoms. The molecule has 128 valence electrons. The summed E-state index contributed by atoms with van der Waals surface area (Å²) in [6.45, 7) is 1.71. The van der Waals surface area contributed by atoms with Crippen molar-refractivity contribution in [1.29, 1.82) is 0 Å². The Kier molecular flexibility index (Phi) is 7.25. The lowest BCUT2D eigenvalue weighted by molar-refractivity contribution is 0.208. The van der Waals surface area contributed by atoms with Crippen molar-refractivity contribution >= 4 is 46.8 Å². The van der Waals surface area contributed by atoms with Gasteiger partial charge in [0, 0.05) is 17.3 Å². The van der Waals surface area contributed by atoms with Gasteiger partial charge >= 0.3 is 12.2 Å². The molecule has 0 saturated carbocycles. The first-order valence-corrected chi connectivity index (χ1v) is 7.78. The molecule has 0 heterocycles. The van der Waals surface area contributed by atoms with Crippen LogP contribution in [-0.4, -0.2) is 41.3 Å². The minimum absolute atomic E-state index is 0.176. The van der Waals surface area contributed by atoms with Crippen LogP contribution in [0.1, 0.15) is 16.7 Å². The minimum atomic E-state index is -1.29. The lowest BCUT2D eigenvalue weighted by atomic mass is 9.94. The lowest BCUT2D eigenvalue weighted by Crippen LogP contribution is -2.18. The molecule has 2 amide bonds. The second-order valence-corrected chi connectivity index (χ2v) is 5.36. The first-order chi connectivity index (χ1) is 10.9. The van der Waals surface area contributed by atoms with E-state index in [9.17, 15) is 9.59 Å². The summed E-state index contributed by atoms with van der Waals surface area (Å²) in [4.78, 5) is 22.2. The van der Waals surface area contributed by atoms with Gasteiger partial charge in [-0.2, -0.15) is 0 Å². The SMILES string of the molecule is COc1c(C)c(CCCl)c(NC(=O)O)c(CCCl)c1NC(=O)O. The van der Waals surface area contributed by atoms with Crippen molar-refractivity contribution in [2.75, 3.05) is 29.5 Å². The van der Waals surface area contributed by atoms with Crippen LogP contribution in [0.2, 0.25) is 0 Å². The maximum Gasteiger partial charge on any atom is 0.409 e. The van der Waals surface area contributed by atoms with Gasteiger partial charge in [-0.3, -0.25) is 10.6 Å². The zero-order valence-electron chi connectivity index (χ0n) is 12.7. The summed E-state index contributed by atoms with van der Waals surface area (Å²) in [5, 5.41) is 22.8. The predicted molar refractivity (Wildman–Crippen MR) is 89.9 cm³/mol. The topological polar surface area (TPSA) is 108 Å². The molecule has 0 aliphatic carbocycles. The van der Waals surface area contributed by atoms with Gasteiger partial charge in [-0.15, -0.1) is 23.2 Å². The average Bonchev–Trinajstić information content (AvgIpc) is 2.46. The van der Waals surface area contributed by atoms with Gasteiger partial charge in [0.1, 0.15) is 5.75 Å². The van der Waals surface area contributed by atoms with Crippen LogP contribution in [0.15, 0.2) is 0 Å². The van der Waals surface area contributed by atoms with E-state index >= 15 is 0 Å². The van der Waals surface area contributed by atoms with Crippen molar-refractivity contribution in [3.63, 3.8) is 0 Å². The lowest BCUT2D eigenvalue weighted by Gasteiger charge is -2.23. The van der Waals surface area contributed by atoms with Crippen molar-refractivity contribution in [3.8, 4) is 5.75 Å². The molecule has 0 fully saturated rings. The van der Waals surface area contributed by atoms with Crippen LogP contribution >= 0.6 is 23.2 Å². The number of ether oxygens (including phenoxy) is 1. The highest BCUT2D eigenvalue weighted by molar-refractivity contribution is 6.18. The average molecular weight is 365 g/mol. The standard InChI is InChI=1S/C14H18Cl2N2O5/c1-7-8(3-5-15)10(17-13(19)20)9(4-6-16)11(12(7)23-2)18-14(21)22/h17-18H,3-6H2,1-2H3,(H,19,20)(H,21,22). The van der Waals surface area contributed by atoms with Gasteiger partial charge < -0.3 is 14.9 Å². The number of methoxy groups -OCH3 is 1.